The van der Waals surface area contributed by atoms with Gasteiger partial charge in [-0.1, -0.05) is 6.92 Å². The van der Waals surface area contributed by atoms with E-state index in [1.165, 1.54) is 10.7 Å². The summed E-state index contributed by atoms with van der Waals surface area (Å²) in [5.74, 6) is -1.25. The smallest absolute Gasteiger partial charge is 0.261 e. The molecule has 9 nitrogen and oxygen atoms in total. The first kappa shape index (κ1) is 21.2. The number of nitrogens with zero attached hydrogens (tertiary/aromatic N) is 5. The number of nitrogens with one attached hydrogen (secondary N) is 2. The fraction of sp³-hybridized carbons (Fsp3) is 0.348. The van der Waals surface area contributed by atoms with Gasteiger partial charge in [-0.25, -0.2) is 4.39 Å². The molecule has 10 heteroatoms. The Hall–Kier alpha value is -3.66. The average molecular weight is 452 g/mol. The van der Waals surface area contributed by atoms with Crippen molar-refractivity contribution >= 4 is 39.1 Å². The molecule has 0 bridgehead atoms. The van der Waals surface area contributed by atoms with Crippen LogP contribution in [0.15, 0.2) is 30.6 Å². The molecule has 3 heterocycles. The van der Waals surface area contributed by atoms with Gasteiger partial charge in [-0.2, -0.15) is 10.2 Å². The van der Waals surface area contributed by atoms with E-state index in [0.717, 1.165) is 37.1 Å². The predicted octanol–water partition coefficient (Wildman–Crippen LogP) is 2.75. The summed E-state index contributed by atoms with van der Waals surface area (Å²) in [6.07, 6.45) is 4.53. The van der Waals surface area contributed by atoms with Gasteiger partial charge in [-0.15, -0.1) is 0 Å². The van der Waals surface area contributed by atoms with Crippen molar-refractivity contribution in [2.75, 3.05) is 29.9 Å². The highest BCUT2D eigenvalue weighted by atomic mass is 19.1. The number of aromatic hydroxyl groups is 1. The van der Waals surface area contributed by atoms with E-state index in [4.69, 9.17) is 0 Å². The summed E-state index contributed by atoms with van der Waals surface area (Å²) in [5.41, 5.74) is 1.81. The first-order valence-electron chi connectivity index (χ1n) is 11.0. The van der Waals surface area contributed by atoms with Crippen LogP contribution in [0.1, 0.15) is 23.7 Å². The number of likely N-dealkylation sites (N-methyl/N-ethyl adjacent to an activating group) is 1. The van der Waals surface area contributed by atoms with Gasteiger partial charge in [0.2, 0.25) is 0 Å². The second-order valence-electron chi connectivity index (χ2n) is 8.50. The number of phenols is 1. The van der Waals surface area contributed by atoms with Crippen molar-refractivity contribution in [2.45, 2.75) is 19.4 Å². The first-order chi connectivity index (χ1) is 15.8. The second kappa shape index (κ2) is 8.04. The van der Waals surface area contributed by atoms with Gasteiger partial charge in [0.15, 0.2) is 5.82 Å². The van der Waals surface area contributed by atoms with Crippen molar-refractivity contribution in [3.63, 3.8) is 0 Å². The number of halogens is 1. The molecule has 0 saturated carbocycles. The Balaban J connectivity index is 1.51. The van der Waals surface area contributed by atoms with Crippen LogP contribution in [0.4, 0.5) is 15.8 Å². The van der Waals surface area contributed by atoms with Crippen LogP contribution in [0.5, 0.6) is 5.75 Å². The lowest BCUT2D eigenvalue weighted by Gasteiger charge is -2.21. The van der Waals surface area contributed by atoms with E-state index in [0.29, 0.717) is 16.9 Å². The van der Waals surface area contributed by atoms with Gasteiger partial charge in [-0.3, -0.25) is 14.2 Å². The number of phenolic OH excluding ortho intramolecular Hbond substituents is 1. The van der Waals surface area contributed by atoms with Crippen molar-refractivity contribution in [1.29, 1.82) is 0 Å². The molecule has 3 N–H and O–H groups in total. The molecule has 1 aliphatic heterocycles. The van der Waals surface area contributed by atoms with Crippen LogP contribution in [0.3, 0.4) is 0 Å². The number of aromatic nitrogens is 4. The standard InChI is InChI=1S/C23H26FN7O2/c1-4-25-14-5-6-31(11-14)18-9-19(32)20(22-16(18)12-30(3)28-22)23(33)26-15-7-13-10-29(2)27-21(13)17(24)8-15/h7-10,12,14,25,32H,4-6,11H2,1-3H3,(H,26,33)/t14-/m0/s1. The maximum absolute atomic E-state index is 14.5. The highest BCUT2D eigenvalue weighted by Crippen LogP contribution is 2.37. The summed E-state index contributed by atoms with van der Waals surface area (Å²) < 4.78 is 17.6. The van der Waals surface area contributed by atoms with Gasteiger partial charge in [0.25, 0.3) is 5.91 Å². The van der Waals surface area contributed by atoms with Crippen LogP contribution in [0.25, 0.3) is 21.8 Å². The third kappa shape index (κ3) is 3.76. The van der Waals surface area contributed by atoms with Gasteiger partial charge >= 0.3 is 0 Å². The number of carbonyl (C=O) groups excluding carboxylic acids is 1. The number of fused-ring (bicyclic) bond motifs is 2. The molecular formula is C23H26FN7O2. The van der Waals surface area contributed by atoms with Crippen LogP contribution in [-0.4, -0.2) is 56.3 Å². The van der Waals surface area contributed by atoms with E-state index >= 15 is 0 Å². The van der Waals surface area contributed by atoms with Gasteiger partial charge in [0, 0.05) is 68.1 Å². The molecule has 0 spiro atoms. The minimum absolute atomic E-state index is 0.0588. The Kier molecular flexibility index (Phi) is 5.16. The van der Waals surface area contributed by atoms with Crippen molar-refractivity contribution < 1.29 is 14.3 Å². The summed E-state index contributed by atoms with van der Waals surface area (Å²) >= 11 is 0. The Morgan fingerprint density at radius 2 is 1.94 bits per heavy atom. The topological polar surface area (TPSA) is 100 Å². The third-order valence-corrected chi connectivity index (χ3v) is 6.05. The number of carbonyl (C=O) groups is 1. The fourth-order valence-electron chi connectivity index (χ4n) is 4.66. The first-order valence-corrected chi connectivity index (χ1v) is 11.0. The minimum Gasteiger partial charge on any atom is -0.507 e. The van der Waals surface area contributed by atoms with Crippen LogP contribution in [-0.2, 0) is 14.1 Å². The summed E-state index contributed by atoms with van der Waals surface area (Å²) in [5, 5.41) is 26.9. The average Bonchev–Trinajstić information content (AvgIpc) is 3.45. The zero-order valence-corrected chi connectivity index (χ0v) is 18.8. The third-order valence-electron chi connectivity index (χ3n) is 6.05. The molecule has 1 saturated heterocycles. The number of aryl methyl sites for hydroxylation is 2. The fourth-order valence-corrected chi connectivity index (χ4v) is 4.66. The highest BCUT2D eigenvalue weighted by molar-refractivity contribution is 6.16. The minimum atomic E-state index is -0.558. The van der Waals surface area contributed by atoms with E-state index in [1.54, 1.807) is 37.1 Å². The zero-order chi connectivity index (χ0) is 23.3. The zero-order valence-electron chi connectivity index (χ0n) is 18.8. The molecule has 4 aromatic rings. The molecule has 1 atom stereocenters. The lowest BCUT2D eigenvalue weighted by atomic mass is 10.1. The van der Waals surface area contributed by atoms with Gasteiger partial charge in [-0.05, 0) is 25.1 Å². The SMILES string of the molecule is CCN[C@H]1CCN(c2cc(O)c(C(=O)Nc3cc(F)c4nn(C)cc4c3)c3nn(C)cc23)C1. The lowest BCUT2D eigenvalue weighted by molar-refractivity contribution is 0.102. The molecular weight excluding hydrogens is 425 g/mol. The Bertz CT molecular complexity index is 1380. The largest absolute Gasteiger partial charge is 0.507 e. The lowest BCUT2D eigenvalue weighted by Crippen LogP contribution is -2.32. The Morgan fingerprint density at radius 3 is 2.73 bits per heavy atom. The molecule has 33 heavy (non-hydrogen) atoms. The monoisotopic (exact) mass is 451 g/mol. The van der Waals surface area contributed by atoms with Crippen molar-refractivity contribution in [3.05, 3.63) is 42.0 Å². The van der Waals surface area contributed by atoms with E-state index in [-0.39, 0.29) is 22.5 Å². The van der Waals surface area contributed by atoms with Gasteiger partial charge in [0.1, 0.15) is 22.3 Å². The van der Waals surface area contributed by atoms with Crippen molar-refractivity contribution in [1.82, 2.24) is 24.9 Å². The van der Waals surface area contributed by atoms with Crippen molar-refractivity contribution in [2.24, 2.45) is 14.1 Å². The highest BCUT2D eigenvalue weighted by Gasteiger charge is 2.27. The maximum Gasteiger partial charge on any atom is 0.261 e. The molecule has 0 radical (unpaired) electrons. The van der Waals surface area contributed by atoms with E-state index in [9.17, 15) is 14.3 Å². The summed E-state index contributed by atoms with van der Waals surface area (Å²) in [4.78, 5) is 15.4. The number of rotatable bonds is 5. The molecule has 2 aromatic carbocycles. The number of anilines is 2. The van der Waals surface area contributed by atoms with E-state index < -0.39 is 11.7 Å². The van der Waals surface area contributed by atoms with Crippen molar-refractivity contribution in [3.8, 4) is 5.75 Å². The van der Waals surface area contributed by atoms with Crippen LogP contribution in [0, 0.1) is 5.82 Å². The molecule has 5 rings (SSSR count). The van der Waals surface area contributed by atoms with Crippen LogP contribution >= 0.6 is 0 Å². The van der Waals surface area contributed by atoms with Gasteiger partial charge < -0.3 is 20.6 Å². The molecule has 1 aliphatic rings. The second-order valence-corrected chi connectivity index (χ2v) is 8.50. The Morgan fingerprint density at radius 1 is 1.18 bits per heavy atom. The molecule has 0 unspecified atom stereocenters. The van der Waals surface area contributed by atoms with E-state index in [1.807, 2.05) is 6.20 Å². The Labute approximate surface area is 189 Å². The quantitative estimate of drug-likeness (QED) is 0.432. The molecule has 172 valence electrons. The van der Waals surface area contributed by atoms with Crippen LogP contribution < -0.4 is 15.5 Å². The number of amides is 1. The van der Waals surface area contributed by atoms with E-state index in [2.05, 4.69) is 32.7 Å². The predicted molar refractivity (Wildman–Crippen MR) is 125 cm³/mol. The van der Waals surface area contributed by atoms with Gasteiger partial charge in [0.05, 0.1) is 5.69 Å². The number of hydrogen-bond acceptors (Lipinski definition) is 6. The molecule has 1 amide bonds. The molecule has 0 aliphatic carbocycles. The summed E-state index contributed by atoms with van der Waals surface area (Å²) in [6, 6.07) is 4.87. The normalized spacial score (nSPS) is 16.2. The molecule has 1 fully saturated rings. The summed E-state index contributed by atoms with van der Waals surface area (Å²) in [7, 11) is 3.48. The number of hydrogen-bond donors (Lipinski definition) is 3. The molecule has 2 aromatic heterocycles. The maximum atomic E-state index is 14.5. The summed E-state index contributed by atoms with van der Waals surface area (Å²) in [6.45, 7) is 4.64. The van der Waals surface area contributed by atoms with Crippen LogP contribution in [0.2, 0.25) is 0 Å². The number of benzene rings is 2.